The Bertz CT molecular complexity index is 418. The number of piperidine rings is 1. The summed E-state index contributed by atoms with van der Waals surface area (Å²) in [4.78, 5) is 11.7. The number of aryl methyl sites for hydroxylation is 2. The number of nitrogens with two attached hydrogens (primary N) is 1. The van der Waals surface area contributed by atoms with E-state index in [2.05, 4.69) is 9.88 Å². The first kappa shape index (κ1) is 11.9. The highest BCUT2D eigenvalue weighted by Gasteiger charge is 2.22. The molecule has 98 valence electrons. The molecule has 1 aliphatic carbocycles. The fourth-order valence-electron chi connectivity index (χ4n) is 3.06. The van der Waals surface area contributed by atoms with Gasteiger partial charge in [-0.15, -0.1) is 0 Å². The Labute approximate surface area is 109 Å². The quantitative estimate of drug-likeness (QED) is 0.860. The van der Waals surface area contributed by atoms with E-state index in [1.54, 1.807) is 0 Å². The number of fused-ring (bicyclic) bond motifs is 1. The molecule has 4 heteroatoms. The third-order valence-corrected chi connectivity index (χ3v) is 4.19. The Morgan fingerprint density at radius 3 is 3.06 bits per heavy atom. The maximum Gasteiger partial charge on any atom is 0.225 e. The van der Waals surface area contributed by atoms with Crippen LogP contribution < -0.4 is 10.6 Å². The average molecular weight is 246 g/mol. The standard InChI is InChI=1S/C14H22N4/c15-8-11-4-3-7-18(10-11)14-16-9-12-5-1-2-6-13(12)17-14/h9,11H,1-8,10,15H2. The van der Waals surface area contributed by atoms with Gasteiger partial charge >= 0.3 is 0 Å². The fraction of sp³-hybridized carbons (Fsp3) is 0.714. The summed E-state index contributed by atoms with van der Waals surface area (Å²) < 4.78 is 0. The van der Waals surface area contributed by atoms with Gasteiger partial charge in [-0.2, -0.15) is 0 Å². The molecule has 2 aliphatic rings. The predicted molar refractivity (Wildman–Crippen MR) is 72.7 cm³/mol. The van der Waals surface area contributed by atoms with E-state index in [4.69, 9.17) is 10.7 Å². The highest BCUT2D eigenvalue weighted by atomic mass is 15.3. The minimum Gasteiger partial charge on any atom is -0.340 e. The maximum absolute atomic E-state index is 5.79. The molecule has 4 nitrogen and oxygen atoms in total. The van der Waals surface area contributed by atoms with Crippen molar-refractivity contribution < 1.29 is 0 Å². The van der Waals surface area contributed by atoms with E-state index >= 15 is 0 Å². The van der Waals surface area contributed by atoms with Crippen molar-refractivity contribution in [1.29, 1.82) is 0 Å². The Balaban J connectivity index is 1.79. The van der Waals surface area contributed by atoms with E-state index in [0.29, 0.717) is 5.92 Å². The third-order valence-electron chi connectivity index (χ3n) is 4.19. The van der Waals surface area contributed by atoms with Gasteiger partial charge in [0.25, 0.3) is 0 Å². The molecule has 1 atom stereocenters. The highest BCUT2D eigenvalue weighted by molar-refractivity contribution is 5.34. The van der Waals surface area contributed by atoms with Gasteiger partial charge in [-0.3, -0.25) is 0 Å². The lowest BCUT2D eigenvalue weighted by molar-refractivity contribution is 0.419. The van der Waals surface area contributed by atoms with Crippen molar-refractivity contribution in [3.05, 3.63) is 17.5 Å². The van der Waals surface area contributed by atoms with Crippen molar-refractivity contribution in [2.75, 3.05) is 24.5 Å². The summed E-state index contributed by atoms with van der Waals surface area (Å²) in [5.41, 5.74) is 8.42. The van der Waals surface area contributed by atoms with Crippen LogP contribution in [0.2, 0.25) is 0 Å². The van der Waals surface area contributed by atoms with Gasteiger partial charge in [0.15, 0.2) is 0 Å². The minimum atomic E-state index is 0.610. The lowest BCUT2D eigenvalue weighted by atomic mass is 9.97. The van der Waals surface area contributed by atoms with Crippen LogP contribution in [-0.4, -0.2) is 29.6 Å². The number of hydrogen-bond acceptors (Lipinski definition) is 4. The predicted octanol–water partition coefficient (Wildman–Crippen LogP) is 1.53. The second-order valence-electron chi connectivity index (χ2n) is 5.54. The normalized spacial score (nSPS) is 23.8. The first-order valence-corrected chi connectivity index (χ1v) is 7.16. The van der Waals surface area contributed by atoms with Gasteiger partial charge in [-0.25, -0.2) is 9.97 Å². The zero-order valence-corrected chi connectivity index (χ0v) is 10.9. The van der Waals surface area contributed by atoms with Crippen LogP contribution in [-0.2, 0) is 12.8 Å². The molecule has 0 saturated carbocycles. The molecular formula is C14H22N4. The SMILES string of the molecule is NCC1CCCN(c2ncc3c(n2)CCCC3)C1. The molecule has 0 spiro atoms. The van der Waals surface area contributed by atoms with Crippen molar-refractivity contribution >= 4 is 5.95 Å². The van der Waals surface area contributed by atoms with Crippen molar-refractivity contribution in [2.45, 2.75) is 38.5 Å². The van der Waals surface area contributed by atoms with Gasteiger partial charge in [0.2, 0.25) is 5.95 Å². The molecule has 0 amide bonds. The van der Waals surface area contributed by atoms with Gasteiger partial charge in [0.05, 0.1) is 0 Å². The first-order valence-electron chi connectivity index (χ1n) is 7.16. The molecule has 1 aromatic rings. The maximum atomic E-state index is 5.79. The summed E-state index contributed by atoms with van der Waals surface area (Å²) in [7, 11) is 0. The van der Waals surface area contributed by atoms with Crippen LogP contribution in [0.4, 0.5) is 5.95 Å². The molecule has 1 aliphatic heterocycles. The lowest BCUT2D eigenvalue weighted by Crippen LogP contribution is -2.39. The van der Waals surface area contributed by atoms with Crippen molar-refractivity contribution in [1.82, 2.24) is 9.97 Å². The molecule has 1 saturated heterocycles. The molecule has 1 unspecified atom stereocenters. The Morgan fingerprint density at radius 1 is 1.28 bits per heavy atom. The molecule has 3 rings (SSSR count). The van der Waals surface area contributed by atoms with Gasteiger partial charge < -0.3 is 10.6 Å². The van der Waals surface area contributed by atoms with Gasteiger partial charge in [-0.05, 0) is 56.6 Å². The average Bonchev–Trinajstić information content (AvgIpc) is 2.47. The second kappa shape index (κ2) is 5.22. The van der Waals surface area contributed by atoms with Crippen LogP contribution in [0.3, 0.4) is 0 Å². The van der Waals surface area contributed by atoms with Gasteiger partial charge in [0, 0.05) is 25.0 Å². The van der Waals surface area contributed by atoms with E-state index in [1.165, 1.54) is 36.9 Å². The number of hydrogen-bond donors (Lipinski definition) is 1. The van der Waals surface area contributed by atoms with Crippen molar-refractivity contribution in [3.63, 3.8) is 0 Å². The topological polar surface area (TPSA) is 55.0 Å². The minimum absolute atomic E-state index is 0.610. The monoisotopic (exact) mass is 246 g/mol. The molecule has 1 aromatic heterocycles. The molecule has 2 heterocycles. The van der Waals surface area contributed by atoms with Crippen molar-refractivity contribution in [3.8, 4) is 0 Å². The second-order valence-corrected chi connectivity index (χ2v) is 5.54. The smallest absolute Gasteiger partial charge is 0.225 e. The summed E-state index contributed by atoms with van der Waals surface area (Å²) in [6.45, 7) is 2.88. The molecule has 2 N–H and O–H groups in total. The molecule has 18 heavy (non-hydrogen) atoms. The first-order chi connectivity index (χ1) is 8.86. The number of aromatic nitrogens is 2. The number of nitrogens with zero attached hydrogens (tertiary/aromatic N) is 3. The van der Waals surface area contributed by atoms with E-state index in [0.717, 1.165) is 38.4 Å². The highest BCUT2D eigenvalue weighted by Crippen LogP contribution is 2.23. The van der Waals surface area contributed by atoms with Crippen LogP contribution in [0.15, 0.2) is 6.20 Å². The third kappa shape index (κ3) is 2.34. The van der Waals surface area contributed by atoms with E-state index in [-0.39, 0.29) is 0 Å². The zero-order chi connectivity index (χ0) is 12.4. The summed E-state index contributed by atoms with van der Waals surface area (Å²) in [6, 6.07) is 0. The molecule has 0 radical (unpaired) electrons. The fourth-order valence-corrected chi connectivity index (χ4v) is 3.06. The zero-order valence-electron chi connectivity index (χ0n) is 10.9. The Morgan fingerprint density at radius 2 is 2.17 bits per heavy atom. The van der Waals surface area contributed by atoms with Crippen LogP contribution in [0.25, 0.3) is 0 Å². The summed E-state index contributed by atoms with van der Waals surface area (Å²) in [5, 5.41) is 0. The summed E-state index contributed by atoms with van der Waals surface area (Å²) in [6.07, 6.45) is 9.34. The summed E-state index contributed by atoms with van der Waals surface area (Å²) in [5.74, 6) is 1.53. The van der Waals surface area contributed by atoms with Gasteiger partial charge in [-0.1, -0.05) is 0 Å². The van der Waals surface area contributed by atoms with Crippen LogP contribution in [0.5, 0.6) is 0 Å². The molecule has 0 aromatic carbocycles. The number of rotatable bonds is 2. The van der Waals surface area contributed by atoms with Crippen LogP contribution in [0, 0.1) is 5.92 Å². The van der Waals surface area contributed by atoms with E-state index < -0.39 is 0 Å². The largest absolute Gasteiger partial charge is 0.340 e. The molecular weight excluding hydrogens is 224 g/mol. The number of anilines is 1. The Kier molecular flexibility index (Phi) is 3.46. The lowest BCUT2D eigenvalue weighted by Gasteiger charge is -2.32. The van der Waals surface area contributed by atoms with Gasteiger partial charge in [0.1, 0.15) is 0 Å². The molecule has 1 fully saturated rings. The van der Waals surface area contributed by atoms with Crippen LogP contribution >= 0.6 is 0 Å². The Hall–Kier alpha value is -1.16. The van der Waals surface area contributed by atoms with E-state index in [1.807, 2.05) is 6.20 Å². The van der Waals surface area contributed by atoms with Crippen molar-refractivity contribution in [2.24, 2.45) is 11.7 Å². The molecule has 0 bridgehead atoms. The summed E-state index contributed by atoms with van der Waals surface area (Å²) >= 11 is 0. The van der Waals surface area contributed by atoms with E-state index in [9.17, 15) is 0 Å². The van der Waals surface area contributed by atoms with Crippen LogP contribution in [0.1, 0.15) is 36.9 Å².